The zero-order valence-corrected chi connectivity index (χ0v) is 13.9. The SMILES string of the molecule is CCCN1CCC(CC(=O)NCC(O)c2ccc(O)cc2)CC1. The Hall–Kier alpha value is -1.59. The summed E-state index contributed by atoms with van der Waals surface area (Å²) in [6.07, 6.45) is 3.13. The van der Waals surface area contributed by atoms with Gasteiger partial charge in [-0.05, 0) is 62.5 Å². The average molecular weight is 320 g/mol. The number of hydrogen-bond acceptors (Lipinski definition) is 4. The molecule has 5 heteroatoms. The highest BCUT2D eigenvalue weighted by Crippen LogP contribution is 2.21. The number of phenolic OH excluding ortho intramolecular Hbond substituents is 1. The van der Waals surface area contributed by atoms with Gasteiger partial charge in [0.1, 0.15) is 5.75 Å². The van der Waals surface area contributed by atoms with Crippen molar-refractivity contribution in [3.05, 3.63) is 29.8 Å². The minimum absolute atomic E-state index is 0.0109. The molecule has 128 valence electrons. The second-order valence-corrected chi connectivity index (χ2v) is 6.40. The minimum Gasteiger partial charge on any atom is -0.508 e. The van der Waals surface area contributed by atoms with Crippen LogP contribution >= 0.6 is 0 Å². The van der Waals surface area contributed by atoms with E-state index in [4.69, 9.17) is 0 Å². The van der Waals surface area contributed by atoms with Crippen LogP contribution in [-0.4, -0.2) is 47.2 Å². The number of likely N-dealkylation sites (tertiary alicyclic amines) is 1. The molecular weight excluding hydrogens is 292 g/mol. The fraction of sp³-hybridized carbons (Fsp3) is 0.611. The van der Waals surface area contributed by atoms with Crippen molar-refractivity contribution in [3.8, 4) is 5.75 Å². The molecule has 1 aliphatic rings. The molecule has 0 spiro atoms. The van der Waals surface area contributed by atoms with Crippen LogP contribution in [0.15, 0.2) is 24.3 Å². The van der Waals surface area contributed by atoms with Crippen molar-refractivity contribution in [1.82, 2.24) is 10.2 Å². The van der Waals surface area contributed by atoms with Gasteiger partial charge in [-0.1, -0.05) is 19.1 Å². The number of benzene rings is 1. The first-order chi connectivity index (χ1) is 11.1. The third-order valence-corrected chi connectivity index (χ3v) is 4.49. The van der Waals surface area contributed by atoms with E-state index in [1.54, 1.807) is 12.1 Å². The molecule has 1 amide bonds. The number of rotatable bonds is 7. The first-order valence-electron chi connectivity index (χ1n) is 8.54. The number of carbonyl (C=O) groups is 1. The largest absolute Gasteiger partial charge is 0.508 e. The van der Waals surface area contributed by atoms with Crippen molar-refractivity contribution in [1.29, 1.82) is 0 Å². The molecular formula is C18H28N2O3. The quantitative estimate of drug-likeness (QED) is 0.719. The fourth-order valence-electron chi connectivity index (χ4n) is 3.09. The summed E-state index contributed by atoms with van der Waals surface area (Å²) in [4.78, 5) is 14.5. The Morgan fingerprint density at radius 2 is 1.96 bits per heavy atom. The molecule has 1 heterocycles. The van der Waals surface area contributed by atoms with E-state index in [0.29, 0.717) is 17.9 Å². The molecule has 1 aliphatic heterocycles. The van der Waals surface area contributed by atoms with Gasteiger partial charge in [0.2, 0.25) is 5.91 Å². The number of hydrogen-bond donors (Lipinski definition) is 3. The average Bonchev–Trinajstić information content (AvgIpc) is 2.55. The van der Waals surface area contributed by atoms with Gasteiger partial charge in [-0.15, -0.1) is 0 Å². The second-order valence-electron chi connectivity index (χ2n) is 6.40. The normalized spacial score (nSPS) is 17.8. The van der Waals surface area contributed by atoms with Gasteiger partial charge in [0.25, 0.3) is 0 Å². The first kappa shape index (κ1) is 17.8. The predicted molar refractivity (Wildman–Crippen MR) is 90.1 cm³/mol. The third kappa shape index (κ3) is 5.84. The zero-order valence-electron chi connectivity index (χ0n) is 13.9. The zero-order chi connectivity index (χ0) is 16.7. The van der Waals surface area contributed by atoms with Gasteiger partial charge in [0.15, 0.2) is 0 Å². The van der Waals surface area contributed by atoms with Crippen molar-refractivity contribution in [2.75, 3.05) is 26.2 Å². The predicted octanol–water partition coefficient (Wildman–Crippen LogP) is 2.05. The van der Waals surface area contributed by atoms with Gasteiger partial charge in [-0.25, -0.2) is 0 Å². The molecule has 1 unspecified atom stereocenters. The number of phenols is 1. The summed E-state index contributed by atoms with van der Waals surface area (Å²) >= 11 is 0. The van der Waals surface area contributed by atoms with Gasteiger partial charge < -0.3 is 20.4 Å². The molecule has 1 aromatic rings. The lowest BCUT2D eigenvalue weighted by molar-refractivity contribution is -0.122. The van der Waals surface area contributed by atoms with Crippen LogP contribution in [0.2, 0.25) is 0 Å². The standard InChI is InChI=1S/C18H28N2O3/c1-2-9-20-10-7-14(8-11-20)12-18(23)19-13-17(22)15-3-5-16(21)6-4-15/h3-6,14,17,21-22H,2,7-13H2,1H3,(H,19,23). The maximum atomic E-state index is 12.0. The summed E-state index contributed by atoms with van der Waals surface area (Å²) in [5.74, 6) is 0.630. The lowest BCUT2D eigenvalue weighted by Gasteiger charge is -2.31. The Balaban J connectivity index is 1.68. The number of aliphatic hydroxyl groups excluding tert-OH is 1. The summed E-state index contributed by atoms with van der Waals surface area (Å²) in [7, 11) is 0. The molecule has 1 fully saturated rings. The smallest absolute Gasteiger partial charge is 0.220 e. The van der Waals surface area contributed by atoms with Gasteiger partial charge >= 0.3 is 0 Å². The lowest BCUT2D eigenvalue weighted by atomic mass is 9.93. The molecule has 3 N–H and O–H groups in total. The summed E-state index contributed by atoms with van der Waals surface area (Å²) in [5, 5.41) is 22.1. The number of aromatic hydroxyl groups is 1. The molecule has 23 heavy (non-hydrogen) atoms. The van der Waals surface area contributed by atoms with E-state index < -0.39 is 6.10 Å². The van der Waals surface area contributed by atoms with E-state index in [1.165, 1.54) is 18.6 Å². The van der Waals surface area contributed by atoms with Crippen LogP contribution in [-0.2, 0) is 4.79 Å². The Kier molecular flexibility index (Phi) is 6.86. The summed E-state index contributed by atoms with van der Waals surface area (Å²) in [6, 6.07) is 6.39. The van der Waals surface area contributed by atoms with Crippen LogP contribution in [0.25, 0.3) is 0 Å². The molecule has 0 bridgehead atoms. The van der Waals surface area contributed by atoms with Crippen LogP contribution in [0.3, 0.4) is 0 Å². The van der Waals surface area contributed by atoms with E-state index in [0.717, 1.165) is 32.5 Å². The fourth-order valence-corrected chi connectivity index (χ4v) is 3.09. The van der Waals surface area contributed by atoms with Crippen molar-refractivity contribution < 1.29 is 15.0 Å². The molecule has 0 radical (unpaired) electrons. The number of aliphatic hydroxyl groups is 1. The molecule has 0 aromatic heterocycles. The monoisotopic (exact) mass is 320 g/mol. The number of amides is 1. The van der Waals surface area contributed by atoms with Gasteiger partial charge in [-0.3, -0.25) is 4.79 Å². The molecule has 1 atom stereocenters. The maximum Gasteiger partial charge on any atom is 0.220 e. The first-order valence-corrected chi connectivity index (χ1v) is 8.54. The number of nitrogens with zero attached hydrogens (tertiary/aromatic N) is 1. The summed E-state index contributed by atoms with van der Waals surface area (Å²) < 4.78 is 0. The number of piperidine rings is 1. The van der Waals surface area contributed by atoms with Crippen molar-refractivity contribution in [2.24, 2.45) is 5.92 Å². The number of nitrogens with one attached hydrogen (secondary N) is 1. The van der Waals surface area contributed by atoms with Crippen molar-refractivity contribution in [2.45, 2.75) is 38.7 Å². The van der Waals surface area contributed by atoms with E-state index in [-0.39, 0.29) is 18.2 Å². The third-order valence-electron chi connectivity index (χ3n) is 4.49. The highest BCUT2D eigenvalue weighted by molar-refractivity contribution is 5.76. The van der Waals surface area contributed by atoms with Crippen LogP contribution in [0.1, 0.15) is 44.3 Å². The maximum absolute atomic E-state index is 12.0. The van der Waals surface area contributed by atoms with Crippen LogP contribution in [0, 0.1) is 5.92 Å². The Labute approximate surface area is 138 Å². The summed E-state index contributed by atoms with van der Waals surface area (Å²) in [6.45, 7) is 5.72. The molecule has 1 aromatic carbocycles. The Morgan fingerprint density at radius 3 is 2.57 bits per heavy atom. The second kappa shape index (κ2) is 8.89. The Bertz CT molecular complexity index is 482. The van der Waals surface area contributed by atoms with E-state index in [9.17, 15) is 15.0 Å². The van der Waals surface area contributed by atoms with E-state index >= 15 is 0 Å². The molecule has 0 saturated carbocycles. The van der Waals surface area contributed by atoms with Gasteiger partial charge in [0.05, 0.1) is 6.10 Å². The van der Waals surface area contributed by atoms with Crippen LogP contribution in [0.4, 0.5) is 0 Å². The molecule has 0 aliphatic carbocycles. The number of carbonyl (C=O) groups excluding carboxylic acids is 1. The van der Waals surface area contributed by atoms with E-state index in [1.807, 2.05) is 0 Å². The molecule has 5 nitrogen and oxygen atoms in total. The Morgan fingerprint density at radius 1 is 1.30 bits per heavy atom. The van der Waals surface area contributed by atoms with Crippen LogP contribution in [0.5, 0.6) is 5.75 Å². The van der Waals surface area contributed by atoms with Crippen molar-refractivity contribution in [3.63, 3.8) is 0 Å². The van der Waals surface area contributed by atoms with Crippen molar-refractivity contribution >= 4 is 5.91 Å². The molecule has 2 rings (SSSR count). The highest BCUT2D eigenvalue weighted by Gasteiger charge is 2.21. The highest BCUT2D eigenvalue weighted by atomic mass is 16.3. The molecule has 1 saturated heterocycles. The lowest BCUT2D eigenvalue weighted by Crippen LogP contribution is -2.36. The topological polar surface area (TPSA) is 72.8 Å². The minimum atomic E-state index is -0.744. The summed E-state index contributed by atoms with van der Waals surface area (Å²) in [5.41, 5.74) is 0.691. The van der Waals surface area contributed by atoms with E-state index in [2.05, 4.69) is 17.1 Å². The van der Waals surface area contributed by atoms with Crippen LogP contribution < -0.4 is 5.32 Å². The van der Waals surface area contributed by atoms with Gasteiger partial charge in [-0.2, -0.15) is 0 Å². The van der Waals surface area contributed by atoms with Gasteiger partial charge in [0, 0.05) is 13.0 Å².